The number of carbonyl (C=O) groups is 2. The molecular weight excluding hydrogens is 386 g/mol. The van der Waals surface area contributed by atoms with Gasteiger partial charge in [-0.15, -0.1) is 12.4 Å². The molecule has 29 heavy (non-hydrogen) atoms. The van der Waals surface area contributed by atoms with Crippen molar-refractivity contribution in [1.29, 1.82) is 0 Å². The maximum Gasteiger partial charge on any atom is 0.229 e. The number of amides is 2. The number of halogens is 1. The van der Waals surface area contributed by atoms with Crippen LogP contribution in [-0.4, -0.2) is 24.9 Å². The second-order valence-corrected chi connectivity index (χ2v) is 7.62. The number of aryl methyl sites for hydroxylation is 3. The zero-order valence-corrected chi connectivity index (χ0v) is 18.4. The van der Waals surface area contributed by atoms with Crippen LogP contribution in [0.5, 0.6) is 0 Å². The van der Waals surface area contributed by atoms with Gasteiger partial charge in [-0.1, -0.05) is 36.8 Å². The number of hydrogen-bond donors (Lipinski definition) is 2. The fourth-order valence-corrected chi connectivity index (χ4v) is 3.97. The van der Waals surface area contributed by atoms with E-state index >= 15 is 0 Å². The minimum atomic E-state index is -0.343. The molecule has 0 aliphatic carbocycles. The van der Waals surface area contributed by atoms with Gasteiger partial charge in [0.2, 0.25) is 11.8 Å². The van der Waals surface area contributed by atoms with Gasteiger partial charge in [-0.2, -0.15) is 0 Å². The molecule has 2 amide bonds. The summed E-state index contributed by atoms with van der Waals surface area (Å²) in [6, 6.07) is 12.0. The van der Waals surface area contributed by atoms with Crippen molar-refractivity contribution in [3.05, 3.63) is 58.7 Å². The van der Waals surface area contributed by atoms with Gasteiger partial charge in [0.25, 0.3) is 0 Å². The third-order valence-corrected chi connectivity index (χ3v) is 5.17. The quantitative estimate of drug-likeness (QED) is 0.745. The molecule has 0 saturated carbocycles. The molecule has 2 aromatic rings. The number of rotatable bonds is 6. The summed E-state index contributed by atoms with van der Waals surface area (Å²) >= 11 is 0. The van der Waals surface area contributed by atoms with Crippen molar-refractivity contribution >= 4 is 35.6 Å². The molecule has 1 heterocycles. The molecule has 156 valence electrons. The summed E-state index contributed by atoms with van der Waals surface area (Å²) in [5, 5.41) is 6.27. The van der Waals surface area contributed by atoms with Crippen molar-refractivity contribution in [3.8, 4) is 0 Å². The lowest BCUT2D eigenvalue weighted by Crippen LogP contribution is -2.29. The zero-order valence-electron chi connectivity index (χ0n) is 17.5. The number of nitrogens with one attached hydrogen (secondary N) is 2. The van der Waals surface area contributed by atoms with Crippen LogP contribution in [0.3, 0.4) is 0 Å². The lowest BCUT2D eigenvalue weighted by Gasteiger charge is -2.22. The second kappa shape index (κ2) is 9.90. The standard InChI is InChI=1S/C23H29N3O2.ClH/c1-5-24-13-18-7-6-8-20(11-18)25-23(28)19-12-21(27)26(14-19)22-16(3)9-15(2)10-17(22)4;/h6-11,19,24H,5,12-14H2,1-4H3,(H,25,28);1H. The summed E-state index contributed by atoms with van der Waals surface area (Å²) < 4.78 is 0. The molecule has 0 spiro atoms. The first-order chi connectivity index (χ1) is 13.4. The highest BCUT2D eigenvalue weighted by Crippen LogP contribution is 2.32. The van der Waals surface area contributed by atoms with Gasteiger partial charge in [-0.3, -0.25) is 9.59 Å². The zero-order chi connectivity index (χ0) is 20.3. The van der Waals surface area contributed by atoms with Crippen molar-refractivity contribution in [2.24, 2.45) is 5.92 Å². The van der Waals surface area contributed by atoms with E-state index < -0.39 is 0 Å². The van der Waals surface area contributed by atoms with Crippen LogP contribution in [-0.2, 0) is 16.1 Å². The Bertz CT molecular complexity index is 874. The molecular formula is C23H30ClN3O2. The van der Waals surface area contributed by atoms with Crippen LogP contribution >= 0.6 is 12.4 Å². The summed E-state index contributed by atoms with van der Waals surface area (Å²) in [5.74, 6) is -0.431. The Morgan fingerprint density at radius 1 is 1.14 bits per heavy atom. The topological polar surface area (TPSA) is 61.4 Å². The summed E-state index contributed by atoms with van der Waals surface area (Å²) in [6.07, 6.45) is 0.246. The fourth-order valence-electron chi connectivity index (χ4n) is 3.97. The van der Waals surface area contributed by atoms with Crippen LogP contribution in [0.2, 0.25) is 0 Å². The maximum absolute atomic E-state index is 12.8. The highest BCUT2D eigenvalue weighted by Gasteiger charge is 2.36. The Balaban J connectivity index is 0.00000300. The van der Waals surface area contributed by atoms with Crippen LogP contribution in [0.4, 0.5) is 11.4 Å². The summed E-state index contributed by atoms with van der Waals surface area (Å²) in [4.78, 5) is 27.2. The van der Waals surface area contributed by atoms with Crippen LogP contribution in [0.15, 0.2) is 36.4 Å². The van der Waals surface area contributed by atoms with Gasteiger partial charge in [0.15, 0.2) is 0 Å². The Morgan fingerprint density at radius 3 is 2.48 bits per heavy atom. The average Bonchev–Trinajstić information content (AvgIpc) is 3.01. The highest BCUT2D eigenvalue weighted by molar-refractivity contribution is 6.04. The molecule has 1 saturated heterocycles. The number of hydrogen-bond acceptors (Lipinski definition) is 3. The first-order valence-electron chi connectivity index (χ1n) is 9.87. The van der Waals surface area contributed by atoms with Gasteiger partial charge >= 0.3 is 0 Å². The van der Waals surface area contributed by atoms with Gasteiger partial charge in [0.05, 0.1) is 5.92 Å². The highest BCUT2D eigenvalue weighted by atomic mass is 35.5. The Kier molecular flexibility index (Phi) is 7.82. The number of anilines is 2. The maximum atomic E-state index is 12.8. The van der Waals surface area contributed by atoms with Crippen LogP contribution in [0.1, 0.15) is 35.6 Å². The molecule has 1 unspecified atom stereocenters. The van der Waals surface area contributed by atoms with E-state index in [9.17, 15) is 9.59 Å². The lowest BCUT2D eigenvalue weighted by molar-refractivity contribution is -0.122. The smallest absolute Gasteiger partial charge is 0.229 e. The van der Waals surface area contributed by atoms with E-state index in [1.54, 1.807) is 4.90 Å². The van der Waals surface area contributed by atoms with Crippen molar-refractivity contribution in [2.45, 2.75) is 40.7 Å². The van der Waals surface area contributed by atoms with Crippen molar-refractivity contribution < 1.29 is 9.59 Å². The van der Waals surface area contributed by atoms with Gasteiger partial charge in [-0.05, 0) is 56.1 Å². The molecule has 1 fully saturated rings. The first kappa shape index (κ1) is 22.9. The summed E-state index contributed by atoms with van der Waals surface area (Å²) in [6.45, 7) is 10.2. The fraction of sp³-hybridized carbons (Fsp3) is 0.391. The predicted molar refractivity (Wildman–Crippen MR) is 121 cm³/mol. The molecule has 1 aliphatic rings. The van der Waals surface area contributed by atoms with E-state index in [0.717, 1.165) is 41.2 Å². The minimum Gasteiger partial charge on any atom is -0.326 e. The van der Waals surface area contributed by atoms with Gasteiger partial charge in [0, 0.05) is 30.9 Å². The van der Waals surface area contributed by atoms with E-state index in [0.29, 0.717) is 6.54 Å². The first-order valence-corrected chi connectivity index (χ1v) is 9.87. The number of carbonyl (C=O) groups excluding carboxylic acids is 2. The molecule has 1 aliphatic heterocycles. The van der Waals surface area contributed by atoms with E-state index in [1.807, 2.05) is 38.1 Å². The van der Waals surface area contributed by atoms with Crippen molar-refractivity contribution in [3.63, 3.8) is 0 Å². The van der Waals surface area contributed by atoms with Crippen LogP contribution in [0.25, 0.3) is 0 Å². The third-order valence-electron chi connectivity index (χ3n) is 5.17. The SMILES string of the molecule is CCNCc1cccc(NC(=O)C2CC(=O)N(c3c(C)cc(C)cc3C)C2)c1.Cl. The Labute approximate surface area is 179 Å². The van der Waals surface area contributed by atoms with E-state index in [1.165, 1.54) is 5.56 Å². The number of benzene rings is 2. The second-order valence-electron chi connectivity index (χ2n) is 7.62. The van der Waals surface area contributed by atoms with Crippen LogP contribution < -0.4 is 15.5 Å². The monoisotopic (exact) mass is 415 g/mol. The molecule has 0 aromatic heterocycles. The minimum absolute atomic E-state index is 0. The van der Waals surface area contributed by atoms with E-state index in [-0.39, 0.29) is 36.6 Å². The van der Waals surface area contributed by atoms with Gasteiger partial charge in [-0.25, -0.2) is 0 Å². The Morgan fingerprint density at radius 2 is 1.83 bits per heavy atom. The molecule has 3 rings (SSSR count). The number of nitrogens with zero attached hydrogens (tertiary/aromatic N) is 1. The van der Waals surface area contributed by atoms with Gasteiger partial charge in [0.1, 0.15) is 0 Å². The summed E-state index contributed by atoms with van der Waals surface area (Å²) in [7, 11) is 0. The van der Waals surface area contributed by atoms with Crippen LogP contribution in [0, 0.1) is 26.7 Å². The van der Waals surface area contributed by atoms with E-state index in [2.05, 4.69) is 36.6 Å². The lowest BCUT2D eigenvalue weighted by atomic mass is 10.0. The third kappa shape index (κ3) is 5.37. The molecule has 5 nitrogen and oxygen atoms in total. The van der Waals surface area contributed by atoms with Crippen molar-refractivity contribution in [2.75, 3.05) is 23.3 Å². The molecule has 2 N–H and O–H groups in total. The molecule has 0 radical (unpaired) electrons. The largest absolute Gasteiger partial charge is 0.326 e. The Hall–Kier alpha value is -2.37. The normalized spacial score (nSPS) is 15.9. The molecule has 1 atom stereocenters. The van der Waals surface area contributed by atoms with Gasteiger partial charge < -0.3 is 15.5 Å². The summed E-state index contributed by atoms with van der Waals surface area (Å²) in [5.41, 5.74) is 6.16. The molecule has 0 bridgehead atoms. The molecule has 2 aromatic carbocycles. The van der Waals surface area contributed by atoms with E-state index in [4.69, 9.17) is 0 Å². The van der Waals surface area contributed by atoms with Crippen molar-refractivity contribution in [1.82, 2.24) is 5.32 Å². The molecule has 6 heteroatoms. The average molecular weight is 416 g/mol. The predicted octanol–water partition coefficient (Wildman–Crippen LogP) is 4.13.